The van der Waals surface area contributed by atoms with Crippen molar-refractivity contribution in [3.63, 3.8) is 0 Å². The molecule has 2 heterocycles. The van der Waals surface area contributed by atoms with E-state index in [1.165, 1.54) is 26.4 Å². The van der Waals surface area contributed by atoms with Crippen LogP contribution in [0.3, 0.4) is 0 Å². The molecule has 10 nitrogen and oxygen atoms in total. The Kier molecular flexibility index (Phi) is 9.16. The largest absolute Gasteiger partial charge is 0.489 e. The molecule has 12 heteroatoms. The van der Waals surface area contributed by atoms with Gasteiger partial charge in [-0.1, -0.05) is 30.7 Å². The predicted octanol–water partition coefficient (Wildman–Crippen LogP) is 5.13. The summed E-state index contributed by atoms with van der Waals surface area (Å²) in [5.41, 5.74) is 0.998. The van der Waals surface area contributed by atoms with E-state index >= 15 is 0 Å². The van der Waals surface area contributed by atoms with E-state index in [0.717, 1.165) is 36.1 Å². The van der Waals surface area contributed by atoms with Gasteiger partial charge in [0.25, 0.3) is 0 Å². The highest BCUT2D eigenvalue weighted by Crippen LogP contribution is 2.34. The first-order valence-corrected chi connectivity index (χ1v) is 14.7. The van der Waals surface area contributed by atoms with Crippen molar-refractivity contribution in [3.05, 3.63) is 53.7 Å². The van der Waals surface area contributed by atoms with Gasteiger partial charge in [0.2, 0.25) is 16.0 Å². The van der Waals surface area contributed by atoms with Gasteiger partial charge in [-0.2, -0.15) is 4.98 Å². The number of anilines is 4. The second kappa shape index (κ2) is 12.4. The van der Waals surface area contributed by atoms with Crippen molar-refractivity contribution in [1.29, 1.82) is 0 Å². The van der Waals surface area contributed by atoms with Gasteiger partial charge in [-0.3, -0.25) is 4.90 Å². The Labute approximate surface area is 235 Å². The number of nitrogens with one attached hydrogen (secondary N) is 2. The van der Waals surface area contributed by atoms with Gasteiger partial charge in [-0.05, 0) is 51.1 Å². The molecular formula is C27H35ClN6O4S. The number of likely N-dealkylation sites (N-methyl/N-ethyl adjacent to an activating group) is 1. The number of likely N-dealkylation sites (tertiary alicyclic amines) is 1. The van der Waals surface area contributed by atoms with Gasteiger partial charge in [0.05, 0.1) is 23.7 Å². The zero-order valence-electron chi connectivity index (χ0n) is 22.8. The van der Waals surface area contributed by atoms with Gasteiger partial charge >= 0.3 is 0 Å². The molecule has 1 fully saturated rings. The third-order valence-corrected chi connectivity index (χ3v) is 8.33. The van der Waals surface area contributed by atoms with Crippen LogP contribution in [0, 0.1) is 0 Å². The van der Waals surface area contributed by atoms with E-state index in [2.05, 4.69) is 32.4 Å². The molecule has 3 aromatic rings. The fourth-order valence-electron chi connectivity index (χ4n) is 4.16. The Hall–Kier alpha value is -3.12. The Balaban J connectivity index is 1.58. The molecule has 4 rings (SSSR count). The van der Waals surface area contributed by atoms with Gasteiger partial charge in [0.1, 0.15) is 27.5 Å². The number of aromatic nitrogens is 2. The van der Waals surface area contributed by atoms with Crippen LogP contribution in [-0.2, 0) is 10.0 Å². The molecule has 0 bridgehead atoms. The summed E-state index contributed by atoms with van der Waals surface area (Å²) >= 11 is 6.38. The zero-order chi connectivity index (χ0) is 28.2. The summed E-state index contributed by atoms with van der Waals surface area (Å²) in [6.45, 7) is 9.01. The SMILES string of the molecule is CCN1CCC(Oc2ccc(Nc3ncc(Cl)c(Nc4ccccc4S(=O)(=O)N(C)C)n3)c(OC(C)C)c2)C1. The first kappa shape index (κ1) is 28.9. The molecule has 2 N–H and O–H groups in total. The molecule has 1 atom stereocenters. The summed E-state index contributed by atoms with van der Waals surface area (Å²) in [5.74, 6) is 1.84. The van der Waals surface area contributed by atoms with Crippen LogP contribution in [-0.4, -0.2) is 73.5 Å². The normalized spacial score (nSPS) is 16.1. The summed E-state index contributed by atoms with van der Waals surface area (Å²) in [7, 11) is -0.739. The smallest absolute Gasteiger partial charge is 0.244 e. The number of nitrogens with zero attached hydrogens (tertiary/aromatic N) is 4. The van der Waals surface area contributed by atoms with Crippen molar-refractivity contribution in [2.24, 2.45) is 0 Å². The molecule has 0 amide bonds. The van der Waals surface area contributed by atoms with Crippen molar-refractivity contribution < 1.29 is 17.9 Å². The van der Waals surface area contributed by atoms with Crippen molar-refractivity contribution >= 4 is 44.8 Å². The van der Waals surface area contributed by atoms with E-state index in [9.17, 15) is 8.42 Å². The van der Waals surface area contributed by atoms with Crippen molar-refractivity contribution in [2.45, 2.75) is 44.3 Å². The molecular weight excluding hydrogens is 540 g/mol. The lowest BCUT2D eigenvalue weighted by atomic mass is 10.2. The van der Waals surface area contributed by atoms with Gasteiger partial charge in [0.15, 0.2) is 5.82 Å². The Morgan fingerprint density at radius 3 is 2.62 bits per heavy atom. The number of benzene rings is 2. The van der Waals surface area contributed by atoms with Crippen molar-refractivity contribution in [3.8, 4) is 11.5 Å². The lowest BCUT2D eigenvalue weighted by Gasteiger charge is -2.19. The Bertz CT molecular complexity index is 1400. The van der Waals surface area contributed by atoms with E-state index in [-0.39, 0.29) is 33.9 Å². The van der Waals surface area contributed by atoms with E-state index in [4.69, 9.17) is 21.1 Å². The Morgan fingerprint density at radius 1 is 1.15 bits per heavy atom. The molecule has 1 aliphatic rings. The minimum atomic E-state index is -3.70. The van der Waals surface area contributed by atoms with Crippen LogP contribution in [0.4, 0.5) is 23.1 Å². The van der Waals surface area contributed by atoms with Crippen LogP contribution in [0.15, 0.2) is 53.6 Å². The quantitative estimate of drug-likeness (QED) is 0.322. The lowest BCUT2D eigenvalue weighted by Crippen LogP contribution is -2.24. The molecule has 0 aliphatic carbocycles. The number of rotatable bonds is 11. The van der Waals surface area contributed by atoms with E-state index in [1.807, 2.05) is 32.0 Å². The predicted molar refractivity (Wildman–Crippen MR) is 154 cm³/mol. The highest BCUT2D eigenvalue weighted by atomic mass is 35.5. The van der Waals surface area contributed by atoms with Crippen molar-refractivity contribution in [1.82, 2.24) is 19.2 Å². The fraction of sp³-hybridized carbons (Fsp3) is 0.407. The molecule has 1 unspecified atom stereocenters. The van der Waals surface area contributed by atoms with Gasteiger partial charge in [-0.15, -0.1) is 0 Å². The summed E-state index contributed by atoms with van der Waals surface area (Å²) in [6.07, 6.45) is 2.51. The first-order valence-electron chi connectivity index (χ1n) is 12.8. The van der Waals surface area contributed by atoms with Crippen molar-refractivity contribution in [2.75, 3.05) is 44.4 Å². The maximum atomic E-state index is 12.8. The number of hydrogen-bond acceptors (Lipinski definition) is 9. The maximum Gasteiger partial charge on any atom is 0.244 e. The van der Waals surface area contributed by atoms with Crippen LogP contribution in [0.5, 0.6) is 11.5 Å². The minimum Gasteiger partial charge on any atom is -0.489 e. The molecule has 1 saturated heterocycles. The summed E-state index contributed by atoms with van der Waals surface area (Å²) in [6, 6.07) is 12.2. The summed E-state index contributed by atoms with van der Waals surface area (Å²) < 4.78 is 39.1. The zero-order valence-corrected chi connectivity index (χ0v) is 24.4. The average Bonchev–Trinajstić information content (AvgIpc) is 3.35. The number of sulfonamides is 1. The first-order chi connectivity index (χ1) is 18.6. The van der Waals surface area contributed by atoms with Crippen LogP contribution in [0.1, 0.15) is 27.2 Å². The molecule has 0 saturated carbocycles. The second-order valence-corrected chi connectivity index (χ2v) is 12.2. The molecule has 2 aromatic carbocycles. The van der Waals surface area contributed by atoms with Crippen LogP contribution >= 0.6 is 11.6 Å². The number of ether oxygens (including phenoxy) is 2. The molecule has 0 radical (unpaired) electrons. The van der Waals surface area contributed by atoms with Gasteiger partial charge < -0.3 is 20.1 Å². The maximum absolute atomic E-state index is 12.8. The second-order valence-electron chi connectivity index (χ2n) is 9.67. The summed E-state index contributed by atoms with van der Waals surface area (Å²) in [4.78, 5) is 11.3. The van der Waals surface area contributed by atoms with Crippen LogP contribution < -0.4 is 20.1 Å². The van der Waals surface area contributed by atoms with Gasteiger partial charge in [0, 0.05) is 33.3 Å². The molecule has 39 heavy (non-hydrogen) atoms. The fourth-order valence-corrected chi connectivity index (χ4v) is 5.34. The van der Waals surface area contributed by atoms with Gasteiger partial charge in [-0.25, -0.2) is 17.7 Å². The van der Waals surface area contributed by atoms with E-state index in [0.29, 0.717) is 17.1 Å². The standard InChI is InChI=1S/C27H35ClN6O4S/c1-6-34-14-13-20(17-34)38-19-11-12-22(24(15-19)37-18(2)3)31-27-29-16-21(28)26(32-27)30-23-9-7-8-10-25(23)39(35,36)33(4)5/h7-12,15-16,18,20H,6,13-14,17H2,1-5H3,(H2,29,30,31,32). The lowest BCUT2D eigenvalue weighted by molar-refractivity contribution is 0.199. The highest BCUT2D eigenvalue weighted by Gasteiger charge is 2.24. The number of para-hydroxylation sites is 1. The van der Waals surface area contributed by atoms with Crippen LogP contribution in [0.2, 0.25) is 5.02 Å². The molecule has 0 spiro atoms. The monoisotopic (exact) mass is 574 g/mol. The third kappa shape index (κ3) is 7.10. The summed E-state index contributed by atoms with van der Waals surface area (Å²) in [5, 5.41) is 6.48. The number of halogens is 1. The number of hydrogen-bond donors (Lipinski definition) is 2. The Morgan fingerprint density at radius 2 is 1.92 bits per heavy atom. The molecule has 1 aromatic heterocycles. The topological polar surface area (TPSA) is 109 Å². The van der Waals surface area contributed by atoms with E-state index < -0.39 is 10.0 Å². The van der Waals surface area contributed by atoms with Crippen LogP contribution in [0.25, 0.3) is 0 Å². The van der Waals surface area contributed by atoms with E-state index in [1.54, 1.807) is 18.2 Å². The molecule has 1 aliphatic heterocycles. The highest BCUT2D eigenvalue weighted by molar-refractivity contribution is 7.89. The average molecular weight is 575 g/mol. The molecule has 210 valence electrons. The minimum absolute atomic E-state index is 0.0682. The third-order valence-electron chi connectivity index (χ3n) is 6.18.